The van der Waals surface area contributed by atoms with Gasteiger partial charge in [0, 0.05) is 18.3 Å². The molecule has 1 unspecified atom stereocenters. The summed E-state index contributed by atoms with van der Waals surface area (Å²) >= 11 is 1.88. The minimum atomic E-state index is -0.560. The van der Waals surface area contributed by atoms with Gasteiger partial charge in [-0.05, 0) is 30.4 Å². The number of hydrogen-bond donors (Lipinski definition) is 2. The van der Waals surface area contributed by atoms with Crippen molar-refractivity contribution in [2.75, 3.05) is 11.5 Å². The van der Waals surface area contributed by atoms with Gasteiger partial charge in [-0.3, -0.25) is 0 Å². The molecular weight excluding hydrogens is 225 g/mol. The van der Waals surface area contributed by atoms with E-state index in [2.05, 4.69) is 19.2 Å². The van der Waals surface area contributed by atoms with E-state index in [0.717, 1.165) is 17.1 Å². The summed E-state index contributed by atoms with van der Waals surface area (Å²) in [6, 6.07) is 4.88. The van der Waals surface area contributed by atoms with Gasteiger partial charge in [0.15, 0.2) is 11.6 Å². The molecule has 0 heterocycles. The molecule has 1 rings (SSSR count). The first-order valence-electron chi connectivity index (χ1n) is 5.42. The number of phenols is 1. The standard InChI is InChI=1S/C12H18FNOS/c1-3-16-8-9(2)14-7-10-4-5-12(15)11(13)6-10/h4-6,9,14-15H,3,7-8H2,1-2H3. The monoisotopic (exact) mass is 243 g/mol. The first kappa shape index (κ1) is 13.3. The maximum atomic E-state index is 13.0. The van der Waals surface area contributed by atoms with Gasteiger partial charge in [-0.15, -0.1) is 0 Å². The Balaban J connectivity index is 2.39. The van der Waals surface area contributed by atoms with Crippen molar-refractivity contribution in [2.45, 2.75) is 26.4 Å². The Morgan fingerprint density at radius 3 is 2.88 bits per heavy atom. The van der Waals surface area contributed by atoms with Crippen molar-refractivity contribution in [3.63, 3.8) is 0 Å². The van der Waals surface area contributed by atoms with E-state index in [4.69, 9.17) is 5.11 Å². The fraction of sp³-hybridized carbons (Fsp3) is 0.500. The Labute approximate surface area is 100 Å². The number of halogens is 1. The summed E-state index contributed by atoms with van der Waals surface area (Å²) in [5, 5.41) is 12.3. The van der Waals surface area contributed by atoms with Crippen molar-refractivity contribution in [3.05, 3.63) is 29.6 Å². The number of thioether (sulfide) groups is 1. The van der Waals surface area contributed by atoms with Crippen molar-refractivity contribution in [3.8, 4) is 5.75 Å². The van der Waals surface area contributed by atoms with E-state index in [0.29, 0.717) is 12.6 Å². The van der Waals surface area contributed by atoms with Crippen LogP contribution in [-0.4, -0.2) is 22.7 Å². The van der Waals surface area contributed by atoms with Gasteiger partial charge in [0.05, 0.1) is 0 Å². The van der Waals surface area contributed by atoms with Crippen molar-refractivity contribution in [1.82, 2.24) is 5.32 Å². The van der Waals surface area contributed by atoms with Crippen molar-refractivity contribution in [1.29, 1.82) is 0 Å². The summed E-state index contributed by atoms with van der Waals surface area (Å²) in [7, 11) is 0. The van der Waals surface area contributed by atoms with E-state index < -0.39 is 5.82 Å². The van der Waals surface area contributed by atoms with E-state index in [1.165, 1.54) is 12.1 Å². The lowest BCUT2D eigenvalue weighted by Gasteiger charge is -2.13. The molecule has 16 heavy (non-hydrogen) atoms. The van der Waals surface area contributed by atoms with E-state index in [9.17, 15) is 4.39 Å². The van der Waals surface area contributed by atoms with Crippen LogP contribution in [0.2, 0.25) is 0 Å². The second kappa shape index (κ2) is 6.76. The molecule has 4 heteroatoms. The van der Waals surface area contributed by atoms with Gasteiger partial charge in [0.25, 0.3) is 0 Å². The van der Waals surface area contributed by atoms with Crippen LogP contribution in [0.1, 0.15) is 19.4 Å². The summed E-state index contributed by atoms with van der Waals surface area (Å²) in [6.07, 6.45) is 0. The molecular formula is C12H18FNOS. The molecule has 2 nitrogen and oxygen atoms in total. The summed E-state index contributed by atoms with van der Waals surface area (Å²) in [4.78, 5) is 0. The van der Waals surface area contributed by atoms with Crippen LogP contribution in [-0.2, 0) is 6.54 Å². The Kier molecular flexibility index (Phi) is 5.63. The van der Waals surface area contributed by atoms with Gasteiger partial charge in [-0.1, -0.05) is 13.0 Å². The Morgan fingerprint density at radius 2 is 2.25 bits per heavy atom. The van der Waals surface area contributed by atoms with E-state index in [-0.39, 0.29) is 5.75 Å². The number of nitrogens with one attached hydrogen (secondary N) is 1. The van der Waals surface area contributed by atoms with E-state index in [1.54, 1.807) is 6.07 Å². The summed E-state index contributed by atoms with van der Waals surface area (Å²) in [6.45, 7) is 4.87. The molecule has 0 aromatic heterocycles. The van der Waals surface area contributed by atoms with Crippen molar-refractivity contribution in [2.24, 2.45) is 0 Å². The maximum absolute atomic E-state index is 13.0. The average molecular weight is 243 g/mol. The van der Waals surface area contributed by atoms with Gasteiger partial charge >= 0.3 is 0 Å². The molecule has 0 aliphatic heterocycles. The molecule has 90 valence electrons. The molecule has 0 spiro atoms. The topological polar surface area (TPSA) is 32.3 Å². The number of benzene rings is 1. The lowest BCUT2D eigenvalue weighted by atomic mass is 10.2. The van der Waals surface area contributed by atoms with Crippen LogP contribution in [0.25, 0.3) is 0 Å². The third-order valence-corrected chi connectivity index (χ3v) is 3.38. The zero-order valence-electron chi connectivity index (χ0n) is 9.66. The van der Waals surface area contributed by atoms with Crippen LogP contribution in [0.3, 0.4) is 0 Å². The van der Waals surface area contributed by atoms with Crippen molar-refractivity contribution >= 4 is 11.8 Å². The largest absolute Gasteiger partial charge is 0.505 e. The van der Waals surface area contributed by atoms with Crippen LogP contribution in [0.4, 0.5) is 4.39 Å². The third kappa shape index (κ3) is 4.41. The van der Waals surface area contributed by atoms with Crippen LogP contribution in [0.15, 0.2) is 18.2 Å². The first-order valence-corrected chi connectivity index (χ1v) is 6.57. The van der Waals surface area contributed by atoms with Crippen LogP contribution < -0.4 is 5.32 Å². The molecule has 1 atom stereocenters. The second-order valence-corrected chi connectivity index (χ2v) is 5.05. The van der Waals surface area contributed by atoms with Gasteiger partial charge in [-0.25, -0.2) is 4.39 Å². The van der Waals surface area contributed by atoms with Crippen LogP contribution in [0.5, 0.6) is 5.75 Å². The smallest absolute Gasteiger partial charge is 0.165 e. The number of hydrogen-bond acceptors (Lipinski definition) is 3. The number of aromatic hydroxyl groups is 1. The molecule has 0 amide bonds. The Bertz CT molecular complexity index is 333. The lowest BCUT2D eigenvalue weighted by molar-refractivity contribution is 0.431. The highest BCUT2D eigenvalue weighted by atomic mass is 32.2. The van der Waals surface area contributed by atoms with Crippen molar-refractivity contribution < 1.29 is 9.50 Å². The maximum Gasteiger partial charge on any atom is 0.165 e. The molecule has 0 saturated heterocycles. The predicted octanol–water partition coefficient (Wildman–Crippen LogP) is 2.76. The molecule has 0 bridgehead atoms. The lowest BCUT2D eigenvalue weighted by Crippen LogP contribution is -2.27. The molecule has 0 radical (unpaired) electrons. The summed E-state index contributed by atoms with van der Waals surface area (Å²) in [5.41, 5.74) is 0.851. The highest BCUT2D eigenvalue weighted by Crippen LogP contribution is 2.16. The molecule has 0 aliphatic rings. The zero-order chi connectivity index (χ0) is 12.0. The first-order chi connectivity index (χ1) is 7.63. The highest BCUT2D eigenvalue weighted by Gasteiger charge is 2.04. The van der Waals surface area contributed by atoms with Gasteiger partial charge in [0.2, 0.25) is 0 Å². The molecule has 2 N–H and O–H groups in total. The second-order valence-electron chi connectivity index (χ2n) is 3.73. The number of rotatable bonds is 6. The SMILES string of the molecule is CCSCC(C)NCc1ccc(O)c(F)c1. The van der Waals surface area contributed by atoms with Gasteiger partial charge in [-0.2, -0.15) is 11.8 Å². The highest BCUT2D eigenvalue weighted by molar-refractivity contribution is 7.99. The Hall–Kier alpha value is -0.740. The van der Waals surface area contributed by atoms with Crippen LogP contribution in [0, 0.1) is 5.82 Å². The molecule has 0 fully saturated rings. The summed E-state index contributed by atoms with van der Waals surface area (Å²) < 4.78 is 13.0. The van der Waals surface area contributed by atoms with Crippen LogP contribution >= 0.6 is 11.8 Å². The molecule has 1 aromatic rings. The van der Waals surface area contributed by atoms with E-state index >= 15 is 0 Å². The number of phenolic OH excluding ortho intramolecular Hbond substituents is 1. The normalized spacial score (nSPS) is 12.7. The van der Waals surface area contributed by atoms with E-state index in [1.807, 2.05) is 11.8 Å². The molecule has 0 saturated carbocycles. The minimum absolute atomic E-state index is 0.293. The molecule has 1 aromatic carbocycles. The van der Waals surface area contributed by atoms with Gasteiger partial charge < -0.3 is 10.4 Å². The third-order valence-electron chi connectivity index (χ3n) is 2.24. The quantitative estimate of drug-likeness (QED) is 0.806. The fourth-order valence-corrected chi connectivity index (χ4v) is 2.01. The predicted molar refractivity (Wildman–Crippen MR) is 67.4 cm³/mol. The minimum Gasteiger partial charge on any atom is -0.505 e. The zero-order valence-corrected chi connectivity index (χ0v) is 10.5. The Morgan fingerprint density at radius 1 is 1.50 bits per heavy atom. The van der Waals surface area contributed by atoms with Gasteiger partial charge in [0.1, 0.15) is 0 Å². The summed E-state index contributed by atoms with van der Waals surface area (Å²) in [5.74, 6) is 1.31. The molecule has 0 aliphatic carbocycles. The average Bonchev–Trinajstić information content (AvgIpc) is 2.28. The fourth-order valence-electron chi connectivity index (χ4n) is 1.31.